The van der Waals surface area contributed by atoms with Gasteiger partial charge in [-0.25, -0.2) is 0 Å². The van der Waals surface area contributed by atoms with Gasteiger partial charge in [0, 0.05) is 39.3 Å². The zero-order valence-corrected chi connectivity index (χ0v) is 12.2. The second kappa shape index (κ2) is 5.95. The summed E-state index contributed by atoms with van der Waals surface area (Å²) in [6, 6.07) is 6.17. The molecule has 0 aliphatic carbocycles. The number of benzene rings is 1. The van der Waals surface area contributed by atoms with Gasteiger partial charge in [-0.2, -0.15) is 0 Å². The van der Waals surface area contributed by atoms with Crippen LogP contribution in [0.3, 0.4) is 0 Å². The molecule has 2 heterocycles. The van der Waals surface area contributed by atoms with E-state index in [0.717, 1.165) is 50.8 Å². The molecule has 0 aromatic heterocycles. The van der Waals surface area contributed by atoms with Gasteiger partial charge in [-0.05, 0) is 17.7 Å². The van der Waals surface area contributed by atoms with Crippen molar-refractivity contribution in [2.24, 2.45) is 5.73 Å². The largest absolute Gasteiger partial charge is 0.454 e. The average Bonchev–Trinajstić information content (AvgIpc) is 2.88. The maximum Gasteiger partial charge on any atom is 0.231 e. The number of hydrogen-bond acceptors (Lipinski definition) is 5. The van der Waals surface area contributed by atoms with Crippen LogP contribution in [0.25, 0.3) is 0 Å². The third-order valence-corrected chi connectivity index (χ3v) is 3.82. The van der Waals surface area contributed by atoms with Crippen molar-refractivity contribution >= 4 is 17.2 Å². The molecule has 2 aliphatic heterocycles. The first-order chi connectivity index (χ1) is 9.70. The van der Waals surface area contributed by atoms with Gasteiger partial charge in [-0.3, -0.25) is 9.80 Å². The molecule has 0 unspecified atom stereocenters. The summed E-state index contributed by atoms with van der Waals surface area (Å²) < 4.78 is 10.7. The number of thiocarbonyl (C=S) groups is 1. The summed E-state index contributed by atoms with van der Waals surface area (Å²) >= 11 is 4.95. The number of fused-ring (bicyclic) bond motifs is 1. The number of hydrogen-bond donors (Lipinski definition) is 1. The van der Waals surface area contributed by atoms with Crippen LogP contribution in [0.4, 0.5) is 0 Å². The minimum absolute atomic E-state index is 0.330. The van der Waals surface area contributed by atoms with E-state index in [2.05, 4.69) is 21.9 Å². The van der Waals surface area contributed by atoms with Crippen molar-refractivity contribution < 1.29 is 9.47 Å². The Hall–Kier alpha value is -1.37. The van der Waals surface area contributed by atoms with Gasteiger partial charge >= 0.3 is 0 Å². The van der Waals surface area contributed by atoms with Gasteiger partial charge in [0.05, 0.1) is 4.99 Å². The molecule has 0 radical (unpaired) electrons. The lowest BCUT2D eigenvalue weighted by atomic mass is 10.1. The molecule has 0 atom stereocenters. The molecule has 108 valence electrons. The Bertz CT molecular complexity index is 501. The highest BCUT2D eigenvalue weighted by molar-refractivity contribution is 7.80. The third-order valence-electron chi connectivity index (χ3n) is 3.69. The molecule has 2 N–H and O–H groups in total. The number of nitrogens with zero attached hydrogens (tertiary/aromatic N) is 2. The van der Waals surface area contributed by atoms with Crippen LogP contribution >= 0.6 is 12.2 Å². The molecule has 20 heavy (non-hydrogen) atoms. The van der Waals surface area contributed by atoms with Gasteiger partial charge in [-0.1, -0.05) is 18.3 Å². The summed E-state index contributed by atoms with van der Waals surface area (Å²) in [7, 11) is 0. The van der Waals surface area contributed by atoms with Crippen molar-refractivity contribution in [1.29, 1.82) is 0 Å². The van der Waals surface area contributed by atoms with E-state index in [9.17, 15) is 0 Å². The summed E-state index contributed by atoms with van der Waals surface area (Å²) in [4.78, 5) is 5.32. The maximum absolute atomic E-state index is 5.58. The fourth-order valence-corrected chi connectivity index (χ4v) is 2.81. The van der Waals surface area contributed by atoms with Gasteiger partial charge in [0.25, 0.3) is 0 Å². The number of piperazine rings is 1. The van der Waals surface area contributed by atoms with Crippen molar-refractivity contribution in [3.05, 3.63) is 23.8 Å². The molecule has 1 aromatic rings. The van der Waals surface area contributed by atoms with E-state index in [-0.39, 0.29) is 0 Å². The topological polar surface area (TPSA) is 51.0 Å². The SMILES string of the molecule is NC(=S)CN1CCN(Cc2ccc3c(c2)OCO3)CC1. The minimum Gasteiger partial charge on any atom is -0.454 e. The first-order valence-electron chi connectivity index (χ1n) is 6.82. The zero-order chi connectivity index (χ0) is 13.9. The highest BCUT2D eigenvalue weighted by Crippen LogP contribution is 2.32. The van der Waals surface area contributed by atoms with Gasteiger partial charge in [0.15, 0.2) is 11.5 Å². The first-order valence-corrected chi connectivity index (χ1v) is 7.23. The normalized spacial score (nSPS) is 19.2. The van der Waals surface area contributed by atoms with E-state index in [0.29, 0.717) is 11.8 Å². The molecule has 2 aliphatic rings. The lowest BCUT2D eigenvalue weighted by molar-refractivity contribution is 0.140. The predicted molar refractivity (Wildman–Crippen MR) is 81.1 cm³/mol. The average molecular weight is 293 g/mol. The van der Waals surface area contributed by atoms with Crippen LogP contribution in [0.5, 0.6) is 11.5 Å². The van der Waals surface area contributed by atoms with Crippen LogP contribution in [-0.4, -0.2) is 54.3 Å². The molecule has 3 rings (SSSR count). The van der Waals surface area contributed by atoms with E-state index in [1.165, 1.54) is 5.56 Å². The third kappa shape index (κ3) is 3.20. The van der Waals surface area contributed by atoms with Crippen LogP contribution in [0.15, 0.2) is 18.2 Å². The summed E-state index contributed by atoms with van der Waals surface area (Å²) in [6.45, 7) is 6.11. The number of nitrogens with two attached hydrogens (primary N) is 1. The lowest BCUT2D eigenvalue weighted by Gasteiger charge is -2.34. The van der Waals surface area contributed by atoms with Gasteiger partial charge in [-0.15, -0.1) is 0 Å². The molecule has 1 aromatic carbocycles. The van der Waals surface area contributed by atoms with Crippen molar-refractivity contribution in [2.75, 3.05) is 39.5 Å². The molecular formula is C14H19N3O2S. The summed E-state index contributed by atoms with van der Waals surface area (Å²) in [5, 5.41) is 0. The van der Waals surface area contributed by atoms with Crippen LogP contribution in [0.2, 0.25) is 0 Å². The summed E-state index contributed by atoms with van der Waals surface area (Å²) in [5.74, 6) is 1.70. The Morgan fingerprint density at radius 3 is 2.55 bits per heavy atom. The quantitative estimate of drug-likeness (QED) is 0.830. The summed E-state index contributed by atoms with van der Waals surface area (Å²) in [5.41, 5.74) is 6.85. The van der Waals surface area contributed by atoms with Crippen molar-refractivity contribution in [3.8, 4) is 11.5 Å². The van der Waals surface area contributed by atoms with Crippen LogP contribution in [-0.2, 0) is 6.54 Å². The van der Waals surface area contributed by atoms with Crippen molar-refractivity contribution in [3.63, 3.8) is 0 Å². The Morgan fingerprint density at radius 2 is 1.80 bits per heavy atom. The molecule has 0 saturated carbocycles. The molecule has 0 spiro atoms. The van der Waals surface area contributed by atoms with Gasteiger partial charge in [0.1, 0.15) is 0 Å². The van der Waals surface area contributed by atoms with E-state index >= 15 is 0 Å². The number of rotatable bonds is 4. The Kier molecular flexibility index (Phi) is 4.05. The van der Waals surface area contributed by atoms with Gasteiger partial charge < -0.3 is 15.2 Å². The standard InChI is InChI=1S/C14H19N3O2S/c15-14(20)9-17-5-3-16(4-6-17)8-11-1-2-12-13(7-11)19-10-18-12/h1-2,7H,3-6,8-10H2,(H2,15,20). The first kappa shape index (κ1) is 13.6. The fourth-order valence-electron chi connectivity index (χ4n) is 2.62. The second-order valence-corrected chi connectivity index (χ2v) is 5.73. The fraction of sp³-hybridized carbons (Fsp3) is 0.500. The smallest absolute Gasteiger partial charge is 0.231 e. The molecule has 6 heteroatoms. The molecule has 0 amide bonds. The van der Waals surface area contributed by atoms with E-state index in [4.69, 9.17) is 27.4 Å². The van der Waals surface area contributed by atoms with Crippen molar-refractivity contribution in [1.82, 2.24) is 9.80 Å². The lowest BCUT2D eigenvalue weighted by Crippen LogP contribution is -2.48. The van der Waals surface area contributed by atoms with Crippen LogP contribution in [0.1, 0.15) is 5.56 Å². The highest BCUT2D eigenvalue weighted by Gasteiger charge is 2.19. The van der Waals surface area contributed by atoms with Crippen LogP contribution in [0, 0.1) is 0 Å². The molecule has 1 saturated heterocycles. The second-order valence-electron chi connectivity index (χ2n) is 5.21. The Balaban J connectivity index is 1.53. The molecule has 0 bridgehead atoms. The van der Waals surface area contributed by atoms with E-state index in [1.807, 2.05) is 6.07 Å². The zero-order valence-electron chi connectivity index (χ0n) is 11.4. The van der Waals surface area contributed by atoms with Gasteiger partial charge in [0.2, 0.25) is 6.79 Å². The monoisotopic (exact) mass is 293 g/mol. The van der Waals surface area contributed by atoms with E-state index in [1.54, 1.807) is 0 Å². The molecular weight excluding hydrogens is 274 g/mol. The minimum atomic E-state index is 0.330. The van der Waals surface area contributed by atoms with Crippen LogP contribution < -0.4 is 15.2 Å². The highest BCUT2D eigenvalue weighted by atomic mass is 32.1. The Morgan fingerprint density at radius 1 is 1.10 bits per heavy atom. The van der Waals surface area contributed by atoms with E-state index < -0.39 is 0 Å². The predicted octanol–water partition coefficient (Wildman–Crippen LogP) is 0.819. The summed E-state index contributed by atoms with van der Waals surface area (Å²) in [6.07, 6.45) is 0. The molecule has 1 fully saturated rings. The molecule has 5 nitrogen and oxygen atoms in total. The maximum atomic E-state index is 5.58. The Labute approximate surface area is 124 Å². The van der Waals surface area contributed by atoms with Crippen molar-refractivity contribution in [2.45, 2.75) is 6.54 Å². The number of ether oxygens (including phenoxy) is 2.